The Bertz CT molecular complexity index is 632. The van der Waals surface area contributed by atoms with E-state index in [2.05, 4.69) is 22.5 Å². The molecule has 1 aliphatic heterocycles. The van der Waals surface area contributed by atoms with E-state index in [9.17, 15) is 9.59 Å². The maximum Gasteiger partial charge on any atom is 0.253 e. The number of amides is 2. The van der Waals surface area contributed by atoms with Gasteiger partial charge in [0.1, 0.15) is 0 Å². The van der Waals surface area contributed by atoms with Gasteiger partial charge in [-0.05, 0) is 44.2 Å². The highest BCUT2D eigenvalue weighted by atomic mass is 16.2. The van der Waals surface area contributed by atoms with Crippen molar-refractivity contribution in [2.75, 3.05) is 24.5 Å². The minimum absolute atomic E-state index is 0.000162. The summed E-state index contributed by atoms with van der Waals surface area (Å²) >= 11 is 0. The highest BCUT2D eigenvalue weighted by Gasteiger charge is 2.27. The smallest absolute Gasteiger partial charge is 0.253 e. The zero-order valence-electron chi connectivity index (χ0n) is 16.5. The monoisotopic (exact) mass is 371 g/mol. The average molecular weight is 372 g/mol. The number of rotatable bonds is 6. The molecule has 3 rings (SSSR count). The molecule has 1 aromatic carbocycles. The molecule has 27 heavy (non-hydrogen) atoms. The van der Waals surface area contributed by atoms with Crippen LogP contribution in [0.2, 0.25) is 0 Å². The van der Waals surface area contributed by atoms with E-state index >= 15 is 0 Å². The second-order valence-corrected chi connectivity index (χ2v) is 7.88. The third-order valence-corrected chi connectivity index (χ3v) is 5.84. The molecule has 1 saturated heterocycles. The Kier molecular flexibility index (Phi) is 7.13. The van der Waals surface area contributed by atoms with Gasteiger partial charge in [-0.2, -0.15) is 0 Å². The Morgan fingerprint density at radius 1 is 1.04 bits per heavy atom. The molecular formula is C22H33N3O2. The molecular weight excluding hydrogens is 338 g/mol. The Labute approximate surface area is 162 Å². The van der Waals surface area contributed by atoms with Crippen molar-refractivity contribution in [2.24, 2.45) is 5.92 Å². The van der Waals surface area contributed by atoms with Crippen molar-refractivity contribution >= 4 is 17.5 Å². The molecule has 1 aliphatic carbocycles. The van der Waals surface area contributed by atoms with Crippen molar-refractivity contribution < 1.29 is 9.59 Å². The van der Waals surface area contributed by atoms with Crippen LogP contribution in [0.3, 0.4) is 0 Å². The summed E-state index contributed by atoms with van der Waals surface area (Å²) in [5.74, 6) is 0.479. The number of nitrogens with one attached hydrogen (secondary N) is 2. The SMILES string of the molecule is CCCNC(=O)c1ccccc1N1CCC(NC(=O)C2CCCCC2)CC1. The van der Waals surface area contributed by atoms with Gasteiger partial charge in [-0.3, -0.25) is 9.59 Å². The van der Waals surface area contributed by atoms with Gasteiger partial charge in [0.05, 0.1) is 5.56 Å². The Morgan fingerprint density at radius 3 is 2.44 bits per heavy atom. The molecule has 0 radical (unpaired) electrons. The predicted octanol–water partition coefficient (Wildman–Crippen LogP) is 3.49. The van der Waals surface area contributed by atoms with Gasteiger partial charge in [-0.25, -0.2) is 0 Å². The number of piperidine rings is 1. The number of nitrogens with zero attached hydrogens (tertiary/aromatic N) is 1. The van der Waals surface area contributed by atoms with Crippen LogP contribution in [-0.4, -0.2) is 37.5 Å². The first-order valence-corrected chi connectivity index (χ1v) is 10.6. The molecule has 2 amide bonds. The highest BCUT2D eigenvalue weighted by Crippen LogP contribution is 2.26. The average Bonchev–Trinajstić information content (AvgIpc) is 2.73. The fourth-order valence-electron chi connectivity index (χ4n) is 4.22. The van der Waals surface area contributed by atoms with Crippen molar-refractivity contribution in [1.82, 2.24) is 10.6 Å². The summed E-state index contributed by atoms with van der Waals surface area (Å²) in [4.78, 5) is 27.2. The molecule has 0 unspecified atom stereocenters. The lowest BCUT2D eigenvalue weighted by molar-refractivity contribution is -0.126. The maximum atomic E-state index is 12.5. The van der Waals surface area contributed by atoms with Gasteiger partial charge in [0, 0.05) is 37.3 Å². The minimum atomic E-state index is 0.000162. The summed E-state index contributed by atoms with van der Waals surface area (Å²) in [5.41, 5.74) is 1.75. The summed E-state index contributed by atoms with van der Waals surface area (Å²) < 4.78 is 0. The molecule has 148 valence electrons. The summed E-state index contributed by atoms with van der Waals surface area (Å²) in [5, 5.41) is 6.26. The lowest BCUT2D eigenvalue weighted by Crippen LogP contribution is -2.47. The van der Waals surface area contributed by atoms with E-state index in [0.29, 0.717) is 6.54 Å². The fourth-order valence-corrected chi connectivity index (χ4v) is 4.22. The lowest BCUT2D eigenvalue weighted by atomic mass is 9.88. The number of hydrogen-bond acceptors (Lipinski definition) is 3. The normalized spacial score (nSPS) is 18.9. The van der Waals surface area contributed by atoms with Crippen LogP contribution in [0.1, 0.15) is 68.6 Å². The van der Waals surface area contributed by atoms with E-state index in [1.54, 1.807) is 0 Å². The number of carbonyl (C=O) groups is 2. The molecule has 2 N–H and O–H groups in total. The summed E-state index contributed by atoms with van der Waals surface area (Å²) in [7, 11) is 0. The van der Waals surface area contributed by atoms with Crippen molar-refractivity contribution in [3.8, 4) is 0 Å². The number of carbonyl (C=O) groups excluding carboxylic acids is 2. The summed E-state index contributed by atoms with van der Waals surface area (Å²) in [6.45, 7) is 4.49. The van der Waals surface area contributed by atoms with E-state index < -0.39 is 0 Å². The van der Waals surface area contributed by atoms with Gasteiger partial charge >= 0.3 is 0 Å². The topological polar surface area (TPSA) is 61.4 Å². The van der Waals surface area contributed by atoms with Gasteiger partial charge in [0.25, 0.3) is 5.91 Å². The van der Waals surface area contributed by atoms with Crippen molar-refractivity contribution in [3.63, 3.8) is 0 Å². The minimum Gasteiger partial charge on any atom is -0.371 e. The second kappa shape index (κ2) is 9.77. The molecule has 2 aliphatic rings. The Morgan fingerprint density at radius 2 is 1.74 bits per heavy atom. The third kappa shape index (κ3) is 5.24. The van der Waals surface area contributed by atoms with Gasteiger partial charge in [0.2, 0.25) is 5.91 Å². The number of anilines is 1. The van der Waals surface area contributed by atoms with E-state index in [0.717, 1.165) is 56.4 Å². The molecule has 0 aromatic heterocycles. The van der Waals surface area contributed by atoms with Gasteiger partial charge in [-0.1, -0.05) is 38.3 Å². The second-order valence-electron chi connectivity index (χ2n) is 7.88. The highest BCUT2D eigenvalue weighted by molar-refractivity contribution is 5.99. The molecule has 5 nitrogen and oxygen atoms in total. The molecule has 1 aromatic rings. The lowest BCUT2D eigenvalue weighted by Gasteiger charge is -2.35. The van der Waals surface area contributed by atoms with Crippen LogP contribution < -0.4 is 15.5 Å². The molecule has 1 saturated carbocycles. The number of hydrogen-bond donors (Lipinski definition) is 2. The van der Waals surface area contributed by atoms with E-state index in [4.69, 9.17) is 0 Å². The molecule has 0 bridgehead atoms. The van der Waals surface area contributed by atoms with E-state index in [1.165, 1.54) is 19.3 Å². The van der Waals surface area contributed by atoms with Crippen LogP contribution in [0.15, 0.2) is 24.3 Å². The van der Waals surface area contributed by atoms with Gasteiger partial charge < -0.3 is 15.5 Å². The van der Waals surface area contributed by atoms with Crippen LogP contribution in [0.4, 0.5) is 5.69 Å². The summed E-state index contributed by atoms with van der Waals surface area (Å²) in [6.07, 6.45) is 8.54. The van der Waals surface area contributed by atoms with Crippen molar-refractivity contribution in [2.45, 2.75) is 64.3 Å². The third-order valence-electron chi connectivity index (χ3n) is 5.84. The van der Waals surface area contributed by atoms with E-state index in [-0.39, 0.29) is 23.8 Å². The molecule has 0 atom stereocenters. The summed E-state index contributed by atoms with van der Waals surface area (Å²) in [6, 6.07) is 8.10. The Balaban J connectivity index is 1.54. The first-order chi connectivity index (χ1) is 13.2. The van der Waals surface area contributed by atoms with Crippen molar-refractivity contribution in [1.29, 1.82) is 0 Å². The van der Waals surface area contributed by atoms with Crippen LogP contribution in [-0.2, 0) is 4.79 Å². The van der Waals surface area contributed by atoms with Crippen LogP contribution in [0, 0.1) is 5.92 Å². The molecule has 2 fully saturated rings. The Hall–Kier alpha value is -2.04. The maximum absolute atomic E-state index is 12.5. The van der Waals surface area contributed by atoms with Gasteiger partial charge in [0.15, 0.2) is 0 Å². The van der Waals surface area contributed by atoms with Crippen LogP contribution in [0.5, 0.6) is 0 Å². The van der Waals surface area contributed by atoms with Crippen LogP contribution >= 0.6 is 0 Å². The van der Waals surface area contributed by atoms with E-state index in [1.807, 2.05) is 24.3 Å². The predicted molar refractivity (Wildman–Crippen MR) is 109 cm³/mol. The van der Waals surface area contributed by atoms with Crippen LogP contribution in [0.25, 0.3) is 0 Å². The zero-order chi connectivity index (χ0) is 19.1. The zero-order valence-corrected chi connectivity index (χ0v) is 16.5. The molecule has 5 heteroatoms. The van der Waals surface area contributed by atoms with Gasteiger partial charge in [-0.15, -0.1) is 0 Å². The first-order valence-electron chi connectivity index (χ1n) is 10.6. The fraction of sp³-hybridized carbons (Fsp3) is 0.636. The standard InChI is InChI=1S/C22H33N3O2/c1-2-14-23-22(27)19-10-6-7-11-20(19)25-15-12-18(13-16-25)24-21(26)17-8-4-3-5-9-17/h6-7,10-11,17-18H,2-5,8-9,12-16H2,1H3,(H,23,27)(H,24,26). The first kappa shape index (κ1) is 19.7. The number of para-hydroxylation sites is 1. The quantitative estimate of drug-likeness (QED) is 0.805. The van der Waals surface area contributed by atoms with Crippen molar-refractivity contribution in [3.05, 3.63) is 29.8 Å². The number of benzene rings is 1. The largest absolute Gasteiger partial charge is 0.371 e. The molecule has 1 heterocycles. The molecule has 0 spiro atoms.